The summed E-state index contributed by atoms with van der Waals surface area (Å²) in [6.07, 6.45) is 24.3. The molecule has 0 amide bonds. The summed E-state index contributed by atoms with van der Waals surface area (Å²) in [6.45, 7) is 0.910. The number of rotatable bonds is 32. The van der Waals surface area contributed by atoms with Crippen LogP contribution in [0.3, 0.4) is 0 Å². The Hall–Kier alpha value is -0.970. The lowest BCUT2D eigenvalue weighted by molar-refractivity contribution is -0.355. The van der Waals surface area contributed by atoms with E-state index in [0.717, 1.165) is 64.2 Å². The summed E-state index contributed by atoms with van der Waals surface area (Å²) in [5, 5.41) is 0. The van der Waals surface area contributed by atoms with E-state index in [9.17, 15) is 4.79 Å². The predicted octanol–water partition coefficient (Wildman–Crippen LogP) is 8.91. The molecule has 0 rings (SSSR count). The lowest BCUT2D eigenvalue weighted by Crippen LogP contribution is -2.35. The smallest absolute Gasteiger partial charge is 0.434 e. The van der Waals surface area contributed by atoms with Crippen molar-refractivity contribution in [3.8, 4) is 0 Å². The molecule has 0 saturated carbocycles. The van der Waals surface area contributed by atoms with Gasteiger partial charge in [0.05, 0.1) is 13.2 Å². The molecule has 9 heteroatoms. The van der Waals surface area contributed by atoms with Crippen LogP contribution in [-0.2, 0) is 37.9 Å². The Morgan fingerprint density at radius 1 is 0.357 bits per heavy atom. The summed E-state index contributed by atoms with van der Waals surface area (Å²) < 4.78 is 42.4. The maximum Gasteiger partial charge on any atom is 0.508 e. The summed E-state index contributed by atoms with van der Waals surface area (Å²) in [7, 11) is 9.68. The van der Waals surface area contributed by atoms with Crippen LogP contribution in [-0.4, -0.2) is 74.0 Å². The SMILES string of the molecule is COC(CCCCCCCCCCCCOC(=O)OCCCCCCCCCCCCC(OC)(OC)OC)(OC)OC. The summed E-state index contributed by atoms with van der Waals surface area (Å²) >= 11 is 0. The molecule has 0 spiro atoms. The van der Waals surface area contributed by atoms with Crippen LogP contribution in [0.15, 0.2) is 0 Å². The van der Waals surface area contributed by atoms with E-state index in [4.69, 9.17) is 37.9 Å². The molecule has 252 valence electrons. The summed E-state index contributed by atoms with van der Waals surface area (Å²) in [4.78, 5) is 11.7. The molecule has 0 unspecified atom stereocenters. The zero-order valence-electron chi connectivity index (χ0n) is 28.1. The van der Waals surface area contributed by atoms with E-state index < -0.39 is 18.1 Å². The first kappa shape index (κ1) is 41.0. The van der Waals surface area contributed by atoms with Crippen LogP contribution < -0.4 is 0 Å². The van der Waals surface area contributed by atoms with Gasteiger partial charge in [0.25, 0.3) is 11.9 Å². The van der Waals surface area contributed by atoms with E-state index in [0.29, 0.717) is 13.2 Å². The Morgan fingerprint density at radius 3 is 0.810 bits per heavy atom. The standard InChI is InChI=1S/C33H66O9/c1-35-32(36-2,37-3)27-23-19-15-11-7-9-13-17-21-25-29-41-31(34)42-30-26-22-18-14-10-8-12-16-20-24-28-33(38-4,39-5)40-6/h7-30H2,1-6H3. The number of methoxy groups -OCH3 is 6. The topological polar surface area (TPSA) is 90.9 Å². The molecule has 9 nitrogen and oxygen atoms in total. The van der Waals surface area contributed by atoms with Gasteiger partial charge in [0.1, 0.15) is 0 Å². The first-order valence-corrected chi connectivity index (χ1v) is 16.6. The Labute approximate surface area is 257 Å². The molecule has 0 aromatic heterocycles. The van der Waals surface area contributed by atoms with Crippen molar-refractivity contribution in [2.45, 2.75) is 153 Å². The van der Waals surface area contributed by atoms with Crippen LogP contribution in [0.5, 0.6) is 0 Å². The van der Waals surface area contributed by atoms with E-state index in [1.54, 1.807) is 42.7 Å². The Kier molecular flexibility index (Phi) is 28.1. The Morgan fingerprint density at radius 2 is 0.571 bits per heavy atom. The number of ether oxygens (including phenoxy) is 8. The summed E-state index contributed by atoms with van der Waals surface area (Å²) in [5.74, 6) is -1.78. The highest BCUT2D eigenvalue weighted by atomic mass is 16.9. The van der Waals surface area contributed by atoms with Gasteiger partial charge >= 0.3 is 6.16 Å². The third-order valence-corrected chi connectivity index (χ3v) is 8.06. The Balaban J connectivity index is 3.35. The van der Waals surface area contributed by atoms with Crippen molar-refractivity contribution >= 4 is 6.16 Å². The highest BCUT2D eigenvalue weighted by Crippen LogP contribution is 2.22. The minimum Gasteiger partial charge on any atom is -0.434 e. The molecule has 0 heterocycles. The van der Waals surface area contributed by atoms with E-state index in [1.807, 2.05) is 0 Å². The number of unbranched alkanes of at least 4 members (excludes halogenated alkanes) is 18. The maximum atomic E-state index is 11.7. The van der Waals surface area contributed by atoms with Crippen molar-refractivity contribution in [2.75, 3.05) is 55.9 Å². The van der Waals surface area contributed by atoms with Crippen molar-refractivity contribution in [2.24, 2.45) is 0 Å². The van der Waals surface area contributed by atoms with Gasteiger partial charge < -0.3 is 37.9 Å². The Bertz CT molecular complexity index is 515. The number of carbonyl (C=O) groups excluding carboxylic acids is 1. The van der Waals surface area contributed by atoms with Crippen LogP contribution in [0.4, 0.5) is 4.79 Å². The normalized spacial score (nSPS) is 12.1. The van der Waals surface area contributed by atoms with Gasteiger partial charge in [-0.25, -0.2) is 4.79 Å². The van der Waals surface area contributed by atoms with Crippen molar-refractivity contribution < 1.29 is 42.7 Å². The quantitative estimate of drug-likeness (QED) is 0.0423. The van der Waals surface area contributed by atoms with Gasteiger partial charge in [0, 0.05) is 55.5 Å². The lowest BCUT2D eigenvalue weighted by atomic mass is 10.1. The first-order chi connectivity index (χ1) is 20.5. The molecule has 0 fully saturated rings. The van der Waals surface area contributed by atoms with Crippen molar-refractivity contribution in [1.29, 1.82) is 0 Å². The predicted molar refractivity (Wildman–Crippen MR) is 166 cm³/mol. The van der Waals surface area contributed by atoms with Gasteiger partial charge in [0.15, 0.2) is 0 Å². The molecule has 0 aliphatic carbocycles. The zero-order chi connectivity index (χ0) is 31.2. The summed E-state index contributed by atoms with van der Waals surface area (Å²) in [5.41, 5.74) is 0. The van der Waals surface area contributed by atoms with Crippen molar-refractivity contribution in [1.82, 2.24) is 0 Å². The van der Waals surface area contributed by atoms with Crippen LogP contribution >= 0.6 is 0 Å². The fraction of sp³-hybridized carbons (Fsp3) is 0.970. The fourth-order valence-electron chi connectivity index (χ4n) is 5.18. The van der Waals surface area contributed by atoms with E-state index in [-0.39, 0.29) is 0 Å². The lowest BCUT2D eigenvalue weighted by Gasteiger charge is -2.28. The molecule has 0 radical (unpaired) electrons. The molecule has 0 bridgehead atoms. The molecule has 42 heavy (non-hydrogen) atoms. The highest BCUT2D eigenvalue weighted by molar-refractivity contribution is 5.59. The van der Waals surface area contributed by atoms with Gasteiger partial charge in [0.2, 0.25) is 0 Å². The average molecular weight is 607 g/mol. The van der Waals surface area contributed by atoms with Crippen molar-refractivity contribution in [3.63, 3.8) is 0 Å². The first-order valence-electron chi connectivity index (χ1n) is 16.6. The van der Waals surface area contributed by atoms with Gasteiger partial charge in [-0.1, -0.05) is 103 Å². The number of hydrogen-bond acceptors (Lipinski definition) is 9. The minimum atomic E-state index is -0.891. The molecule has 0 N–H and O–H groups in total. The summed E-state index contributed by atoms with van der Waals surface area (Å²) in [6, 6.07) is 0. The van der Waals surface area contributed by atoms with Gasteiger partial charge in [-0.05, 0) is 25.7 Å². The molecule has 0 aromatic carbocycles. The third kappa shape index (κ3) is 21.7. The second-order valence-corrected chi connectivity index (χ2v) is 11.1. The number of hydrogen-bond donors (Lipinski definition) is 0. The minimum absolute atomic E-state index is 0.455. The van der Waals surface area contributed by atoms with Gasteiger partial charge in [-0.15, -0.1) is 0 Å². The maximum absolute atomic E-state index is 11.7. The molecule has 0 aliphatic heterocycles. The number of carbonyl (C=O) groups is 1. The highest BCUT2D eigenvalue weighted by Gasteiger charge is 2.29. The molecule has 0 atom stereocenters. The molecular weight excluding hydrogens is 540 g/mol. The third-order valence-electron chi connectivity index (χ3n) is 8.06. The van der Waals surface area contributed by atoms with E-state index in [1.165, 1.54) is 77.0 Å². The van der Waals surface area contributed by atoms with Crippen molar-refractivity contribution in [3.05, 3.63) is 0 Å². The van der Waals surface area contributed by atoms with Gasteiger partial charge in [-0.2, -0.15) is 0 Å². The largest absolute Gasteiger partial charge is 0.508 e. The zero-order valence-corrected chi connectivity index (χ0v) is 28.1. The average Bonchev–Trinajstić information content (AvgIpc) is 3.02. The second kappa shape index (κ2) is 28.8. The van der Waals surface area contributed by atoms with Crippen LogP contribution in [0.25, 0.3) is 0 Å². The fourth-order valence-corrected chi connectivity index (χ4v) is 5.18. The van der Waals surface area contributed by atoms with Crippen LogP contribution in [0.1, 0.15) is 141 Å². The van der Waals surface area contributed by atoms with E-state index in [2.05, 4.69) is 0 Å². The molecule has 0 aromatic rings. The van der Waals surface area contributed by atoms with Crippen LogP contribution in [0, 0.1) is 0 Å². The molecule has 0 saturated heterocycles. The van der Waals surface area contributed by atoms with Gasteiger partial charge in [-0.3, -0.25) is 0 Å². The van der Waals surface area contributed by atoms with E-state index >= 15 is 0 Å². The molecule has 0 aliphatic rings. The molecular formula is C33H66O9. The second-order valence-electron chi connectivity index (χ2n) is 11.1. The monoisotopic (exact) mass is 606 g/mol. The van der Waals surface area contributed by atoms with Crippen LogP contribution in [0.2, 0.25) is 0 Å².